The highest BCUT2D eigenvalue weighted by Gasteiger charge is 2.28. The van der Waals surface area contributed by atoms with Gasteiger partial charge >= 0.3 is 0 Å². The van der Waals surface area contributed by atoms with Crippen molar-refractivity contribution in [3.05, 3.63) is 30.1 Å². The number of piperidine rings is 1. The van der Waals surface area contributed by atoms with Crippen LogP contribution in [0, 0.1) is 5.41 Å². The van der Waals surface area contributed by atoms with E-state index >= 15 is 0 Å². The number of amides is 2. The summed E-state index contributed by atoms with van der Waals surface area (Å²) >= 11 is 0. The minimum atomic E-state index is -0.374. The molecule has 0 bridgehead atoms. The molecule has 2 amide bonds. The third-order valence-corrected chi connectivity index (χ3v) is 3.68. The zero-order valence-corrected chi connectivity index (χ0v) is 12.9. The molecule has 0 aliphatic carbocycles. The first-order valence-electron chi connectivity index (χ1n) is 7.39. The molecule has 0 saturated carbocycles. The average Bonchev–Trinajstić information content (AvgIpc) is 2.47. The summed E-state index contributed by atoms with van der Waals surface area (Å²) in [5.41, 5.74) is 0.107. The van der Waals surface area contributed by atoms with E-state index in [1.54, 1.807) is 18.3 Å². The summed E-state index contributed by atoms with van der Waals surface area (Å²) in [6, 6.07) is 5.50. The minimum absolute atomic E-state index is 0.0313. The lowest BCUT2D eigenvalue weighted by atomic mass is 9.94. The van der Waals surface area contributed by atoms with Gasteiger partial charge in [0.2, 0.25) is 5.91 Å². The Bertz CT molecular complexity index is 500. The molecule has 1 aliphatic heterocycles. The molecule has 5 nitrogen and oxygen atoms in total. The van der Waals surface area contributed by atoms with Gasteiger partial charge in [-0.2, -0.15) is 0 Å². The number of hydrogen-bond acceptors (Lipinski definition) is 3. The highest BCUT2D eigenvalue weighted by atomic mass is 16.2. The lowest BCUT2D eigenvalue weighted by Crippen LogP contribution is -2.49. The molecule has 1 N–H and O–H groups in total. The Labute approximate surface area is 125 Å². The molecule has 1 fully saturated rings. The number of rotatable bonds is 2. The third-order valence-electron chi connectivity index (χ3n) is 3.68. The second-order valence-corrected chi connectivity index (χ2v) is 6.50. The van der Waals surface area contributed by atoms with Gasteiger partial charge in [0.15, 0.2) is 0 Å². The SMILES string of the molecule is CC(C)(C)C(=O)NC1CCN(C(=O)c2ccccn2)CC1. The van der Waals surface area contributed by atoms with E-state index in [1.807, 2.05) is 31.7 Å². The maximum absolute atomic E-state index is 12.3. The predicted octanol–water partition coefficient (Wildman–Crippen LogP) is 1.85. The number of pyridine rings is 1. The highest BCUT2D eigenvalue weighted by molar-refractivity contribution is 5.92. The van der Waals surface area contributed by atoms with Gasteiger partial charge in [-0.3, -0.25) is 14.6 Å². The monoisotopic (exact) mass is 289 g/mol. The maximum Gasteiger partial charge on any atom is 0.272 e. The summed E-state index contributed by atoms with van der Waals surface area (Å²) in [7, 11) is 0. The zero-order valence-electron chi connectivity index (χ0n) is 12.9. The van der Waals surface area contributed by atoms with Crippen LogP contribution in [0.4, 0.5) is 0 Å². The second kappa shape index (κ2) is 6.24. The van der Waals surface area contributed by atoms with Crippen LogP contribution in [0.25, 0.3) is 0 Å². The van der Waals surface area contributed by atoms with E-state index < -0.39 is 0 Å². The van der Waals surface area contributed by atoms with Gasteiger partial charge in [0.1, 0.15) is 5.69 Å². The Hall–Kier alpha value is -1.91. The molecule has 0 atom stereocenters. The fourth-order valence-corrected chi connectivity index (χ4v) is 2.28. The summed E-state index contributed by atoms with van der Waals surface area (Å²) < 4.78 is 0. The topological polar surface area (TPSA) is 62.3 Å². The van der Waals surface area contributed by atoms with E-state index in [4.69, 9.17) is 0 Å². The lowest BCUT2D eigenvalue weighted by molar-refractivity contribution is -0.129. The number of carbonyl (C=O) groups excluding carboxylic acids is 2. The Balaban J connectivity index is 1.86. The van der Waals surface area contributed by atoms with Crippen LogP contribution in [0.2, 0.25) is 0 Å². The van der Waals surface area contributed by atoms with Crippen LogP contribution in [0.1, 0.15) is 44.1 Å². The van der Waals surface area contributed by atoms with Crippen molar-refractivity contribution in [1.82, 2.24) is 15.2 Å². The molecule has 0 unspecified atom stereocenters. The first kappa shape index (κ1) is 15.5. The molecule has 2 rings (SSSR count). The van der Waals surface area contributed by atoms with Crippen LogP contribution >= 0.6 is 0 Å². The van der Waals surface area contributed by atoms with Crippen molar-refractivity contribution in [3.63, 3.8) is 0 Å². The Kier molecular flexibility index (Phi) is 4.60. The standard InChI is InChI=1S/C16H23N3O2/c1-16(2,3)15(21)18-12-7-10-19(11-8-12)14(20)13-6-4-5-9-17-13/h4-6,9,12H,7-8,10-11H2,1-3H3,(H,18,21). The van der Waals surface area contributed by atoms with Crippen LogP contribution in [0.15, 0.2) is 24.4 Å². The minimum Gasteiger partial charge on any atom is -0.353 e. The quantitative estimate of drug-likeness (QED) is 0.903. The normalized spacial score (nSPS) is 16.6. The number of aromatic nitrogens is 1. The Morgan fingerprint density at radius 3 is 2.43 bits per heavy atom. The molecule has 1 saturated heterocycles. The summed E-state index contributed by atoms with van der Waals surface area (Å²) in [6.07, 6.45) is 3.21. The fraction of sp³-hybridized carbons (Fsp3) is 0.562. The van der Waals surface area contributed by atoms with Crippen molar-refractivity contribution in [2.75, 3.05) is 13.1 Å². The number of nitrogens with zero attached hydrogens (tertiary/aromatic N) is 2. The molecule has 1 aromatic heterocycles. The summed E-state index contributed by atoms with van der Waals surface area (Å²) in [4.78, 5) is 30.1. The number of carbonyl (C=O) groups is 2. The largest absolute Gasteiger partial charge is 0.353 e. The predicted molar refractivity (Wildman–Crippen MR) is 80.8 cm³/mol. The van der Waals surface area contributed by atoms with E-state index in [-0.39, 0.29) is 23.3 Å². The van der Waals surface area contributed by atoms with Gasteiger partial charge in [0.05, 0.1) is 0 Å². The molecule has 21 heavy (non-hydrogen) atoms. The van der Waals surface area contributed by atoms with E-state index in [9.17, 15) is 9.59 Å². The molecule has 0 radical (unpaired) electrons. The molecule has 0 spiro atoms. The number of likely N-dealkylation sites (tertiary alicyclic amines) is 1. The molecule has 2 heterocycles. The number of nitrogens with one attached hydrogen (secondary N) is 1. The van der Waals surface area contributed by atoms with Crippen LogP contribution in [-0.2, 0) is 4.79 Å². The van der Waals surface area contributed by atoms with E-state index in [0.717, 1.165) is 12.8 Å². The van der Waals surface area contributed by atoms with Gasteiger partial charge in [-0.1, -0.05) is 26.8 Å². The summed E-state index contributed by atoms with van der Waals surface area (Å²) in [6.45, 7) is 7.03. The van der Waals surface area contributed by atoms with Crippen molar-refractivity contribution in [3.8, 4) is 0 Å². The first-order valence-corrected chi connectivity index (χ1v) is 7.39. The Morgan fingerprint density at radius 2 is 1.90 bits per heavy atom. The molecule has 1 aliphatic rings. The zero-order chi connectivity index (χ0) is 15.5. The van der Waals surface area contributed by atoms with Gasteiger partial charge in [0.25, 0.3) is 5.91 Å². The molecule has 5 heteroatoms. The summed E-state index contributed by atoms with van der Waals surface area (Å²) in [5, 5.41) is 3.07. The molecule has 1 aromatic rings. The van der Waals surface area contributed by atoms with Gasteiger partial charge in [-0.15, -0.1) is 0 Å². The second-order valence-electron chi connectivity index (χ2n) is 6.50. The van der Waals surface area contributed by atoms with Gasteiger partial charge in [0, 0.05) is 30.7 Å². The van der Waals surface area contributed by atoms with Crippen LogP contribution in [-0.4, -0.2) is 40.8 Å². The highest BCUT2D eigenvalue weighted by Crippen LogP contribution is 2.17. The maximum atomic E-state index is 12.3. The molecule has 114 valence electrons. The van der Waals surface area contributed by atoms with Crippen LogP contribution in [0.5, 0.6) is 0 Å². The molecular formula is C16H23N3O2. The van der Waals surface area contributed by atoms with E-state index in [1.165, 1.54) is 0 Å². The summed E-state index contributed by atoms with van der Waals surface area (Å²) in [5.74, 6) is 0.0354. The average molecular weight is 289 g/mol. The van der Waals surface area contributed by atoms with E-state index in [2.05, 4.69) is 10.3 Å². The lowest BCUT2D eigenvalue weighted by Gasteiger charge is -2.33. The van der Waals surface area contributed by atoms with Crippen molar-refractivity contribution in [2.45, 2.75) is 39.7 Å². The van der Waals surface area contributed by atoms with Gasteiger partial charge in [-0.05, 0) is 25.0 Å². The van der Waals surface area contributed by atoms with Crippen molar-refractivity contribution in [1.29, 1.82) is 0 Å². The number of hydrogen-bond donors (Lipinski definition) is 1. The van der Waals surface area contributed by atoms with E-state index in [0.29, 0.717) is 18.8 Å². The smallest absolute Gasteiger partial charge is 0.272 e. The van der Waals surface area contributed by atoms with Gasteiger partial charge in [-0.25, -0.2) is 0 Å². The first-order chi connectivity index (χ1) is 9.88. The van der Waals surface area contributed by atoms with Gasteiger partial charge < -0.3 is 10.2 Å². The van der Waals surface area contributed by atoms with Crippen molar-refractivity contribution < 1.29 is 9.59 Å². The molecular weight excluding hydrogens is 266 g/mol. The van der Waals surface area contributed by atoms with Crippen LogP contribution < -0.4 is 5.32 Å². The third kappa shape index (κ3) is 4.03. The Morgan fingerprint density at radius 1 is 1.24 bits per heavy atom. The van der Waals surface area contributed by atoms with Crippen molar-refractivity contribution in [2.24, 2.45) is 5.41 Å². The van der Waals surface area contributed by atoms with Crippen LogP contribution in [0.3, 0.4) is 0 Å². The van der Waals surface area contributed by atoms with Crippen molar-refractivity contribution >= 4 is 11.8 Å². The fourth-order valence-electron chi connectivity index (χ4n) is 2.28. The molecule has 0 aromatic carbocycles.